The molecular weight excluding hydrogens is 388 g/mol. The fourth-order valence-corrected chi connectivity index (χ4v) is 3.36. The molecular formula is C26H22N2OS. The summed E-state index contributed by atoms with van der Waals surface area (Å²) in [5.74, 6) is 1.59. The molecule has 0 fully saturated rings. The van der Waals surface area contributed by atoms with Crippen molar-refractivity contribution in [1.82, 2.24) is 0 Å². The van der Waals surface area contributed by atoms with Crippen LogP contribution in [0.3, 0.4) is 0 Å². The van der Waals surface area contributed by atoms with Crippen molar-refractivity contribution in [3.63, 3.8) is 0 Å². The zero-order valence-electron chi connectivity index (χ0n) is 16.4. The highest BCUT2D eigenvalue weighted by Gasteiger charge is 2.06. The van der Waals surface area contributed by atoms with Crippen LogP contribution in [0, 0.1) is 0 Å². The topological polar surface area (TPSA) is 33.3 Å². The number of ether oxygens (including phenoxy) is 1. The smallest absolute Gasteiger partial charge is 0.175 e. The van der Waals surface area contributed by atoms with Crippen LogP contribution in [0.4, 0.5) is 11.4 Å². The van der Waals surface area contributed by atoms with Gasteiger partial charge < -0.3 is 15.4 Å². The van der Waals surface area contributed by atoms with Crippen LogP contribution < -0.4 is 15.4 Å². The zero-order chi connectivity index (χ0) is 20.6. The van der Waals surface area contributed by atoms with Crippen LogP contribution in [-0.4, -0.2) is 5.11 Å². The predicted molar refractivity (Wildman–Crippen MR) is 128 cm³/mol. The van der Waals surface area contributed by atoms with Gasteiger partial charge in [-0.1, -0.05) is 66.7 Å². The number of benzene rings is 4. The summed E-state index contributed by atoms with van der Waals surface area (Å²) in [6.45, 7) is 0. The average Bonchev–Trinajstić information content (AvgIpc) is 2.78. The first-order valence-electron chi connectivity index (χ1n) is 9.79. The van der Waals surface area contributed by atoms with Gasteiger partial charge in [0.25, 0.3) is 0 Å². The molecule has 0 saturated carbocycles. The normalized spacial score (nSPS) is 10.3. The SMILES string of the molecule is S=C(Nc1ccc(Oc2ccccc2)cc1)Nc1ccccc1Cc1ccccc1. The van der Waals surface area contributed by atoms with Gasteiger partial charge in [-0.25, -0.2) is 0 Å². The Hall–Kier alpha value is -3.63. The number of hydrogen-bond acceptors (Lipinski definition) is 2. The average molecular weight is 411 g/mol. The van der Waals surface area contributed by atoms with E-state index in [0.29, 0.717) is 5.11 Å². The summed E-state index contributed by atoms with van der Waals surface area (Å²) in [4.78, 5) is 0. The highest BCUT2D eigenvalue weighted by molar-refractivity contribution is 7.80. The Morgan fingerprint density at radius 3 is 1.97 bits per heavy atom. The molecule has 0 heterocycles. The summed E-state index contributed by atoms with van der Waals surface area (Å²) in [7, 11) is 0. The van der Waals surface area contributed by atoms with E-state index >= 15 is 0 Å². The Labute approximate surface area is 182 Å². The molecule has 0 aliphatic heterocycles. The minimum absolute atomic E-state index is 0.548. The number of hydrogen-bond donors (Lipinski definition) is 2. The summed E-state index contributed by atoms with van der Waals surface area (Å²) in [5.41, 5.74) is 4.36. The molecule has 0 spiro atoms. The van der Waals surface area contributed by atoms with E-state index in [9.17, 15) is 0 Å². The molecule has 4 aromatic rings. The fraction of sp³-hybridized carbons (Fsp3) is 0.0385. The van der Waals surface area contributed by atoms with E-state index in [1.165, 1.54) is 11.1 Å². The first-order chi connectivity index (χ1) is 14.8. The standard InChI is InChI=1S/C26H22N2OS/c30-26(27-22-15-17-24(18-16-22)29-23-12-5-2-6-13-23)28-25-14-8-7-11-21(25)19-20-9-3-1-4-10-20/h1-18H,19H2,(H2,27,28,30). The second-order valence-electron chi connectivity index (χ2n) is 6.84. The third kappa shape index (κ3) is 5.46. The molecule has 0 amide bonds. The number of thiocarbonyl (C=S) groups is 1. The molecule has 2 N–H and O–H groups in total. The summed E-state index contributed by atoms with van der Waals surface area (Å²) < 4.78 is 5.83. The first kappa shape index (κ1) is 19.7. The Bertz CT molecular complexity index is 1100. The van der Waals surface area contributed by atoms with Gasteiger partial charge in [0, 0.05) is 11.4 Å². The Morgan fingerprint density at radius 1 is 0.633 bits per heavy atom. The molecule has 4 aromatic carbocycles. The largest absolute Gasteiger partial charge is 0.457 e. The van der Waals surface area contributed by atoms with E-state index in [1.54, 1.807) is 0 Å². The molecule has 148 valence electrons. The minimum atomic E-state index is 0.548. The number of nitrogens with one attached hydrogen (secondary N) is 2. The summed E-state index contributed by atoms with van der Waals surface area (Å²) in [6.07, 6.45) is 0.845. The maximum absolute atomic E-state index is 5.83. The lowest BCUT2D eigenvalue weighted by Gasteiger charge is -2.14. The number of anilines is 2. The van der Waals surface area contributed by atoms with Gasteiger partial charge in [0.15, 0.2) is 5.11 Å². The van der Waals surface area contributed by atoms with Gasteiger partial charge >= 0.3 is 0 Å². The molecule has 0 atom stereocenters. The zero-order valence-corrected chi connectivity index (χ0v) is 17.2. The van der Waals surface area contributed by atoms with Crippen molar-refractivity contribution >= 4 is 28.7 Å². The van der Waals surface area contributed by atoms with Crippen LogP contribution in [0.5, 0.6) is 11.5 Å². The minimum Gasteiger partial charge on any atom is -0.457 e. The second kappa shape index (κ2) is 9.72. The summed E-state index contributed by atoms with van der Waals surface area (Å²) in [6, 6.07) is 36.1. The van der Waals surface area contributed by atoms with Gasteiger partial charge in [0.1, 0.15) is 11.5 Å². The van der Waals surface area contributed by atoms with Crippen molar-refractivity contribution in [1.29, 1.82) is 0 Å². The molecule has 0 bridgehead atoms. The molecule has 4 heteroatoms. The van der Waals surface area contributed by atoms with Gasteiger partial charge in [0.05, 0.1) is 0 Å². The second-order valence-corrected chi connectivity index (χ2v) is 7.25. The van der Waals surface area contributed by atoms with Gasteiger partial charge in [-0.3, -0.25) is 0 Å². The summed E-state index contributed by atoms with van der Waals surface area (Å²) >= 11 is 5.53. The number of para-hydroxylation sites is 2. The van der Waals surface area contributed by atoms with Crippen LogP contribution in [0.15, 0.2) is 109 Å². The van der Waals surface area contributed by atoms with Gasteiger partial charge in [0.2, 0.25) is 0 Å². The van der Waals surface area contributed by atoms with E-state index in [2.05, 4.69) is 41.0 Å². The van der Waals surface area contributed by atoms with Gasteiger partial charge in [-0.2, -0.15) is 0 Å². The molecule has 0 aliphatic carbocycles. The van der Waals surface area contributed by atoms with E-state index < -0.39 is 0 Å². The van der Waals surface area contributed by atoms with Crippen LogP contribution in [-0.2, 0) is 6.42 Å². The quantitative estimate of drug-likeness (QED) is 0.340. The predicted octanol–water partition coefficient (Wildman–Crippen LogP) is 6.88. The Balaban J connectivity index is 1.38. The monoisotopic (exact) mass is 410 g/mol. The van der Waals surface area contributed by atoms with E-state index in [4.69, 9.17) is 17.0 Å². The first-order valence-corrected chi connectivity index (χ1v) is 10.2. The van der Waals surface area contributed by atoms with Crippen molar-refractivity contribution in [3.05, 3.63) is 120 Å². The molecule has 0 saturated heterocycles. The van der Waals surface area contributed by atoms with Crippen molar-refractivity contribution in [2.75, 3.05) is 10.6 Å². The van der Waals surface area contributed by atoms with Gasteiger partial charge in [-0.05, 0) is 72.2 Å². The third-order valence-corrected chi connectivity index (χ3v) is 4.80. The molecule has 0 aliphatic rings. The lowest BCUT2D eigenvalue weighted by Crippen LogP contribution is -2.19. The van der Waals surface area contributed by atoms with Crippen molar-refractivity contribution < 1.29 is 4.74 Å². The molecule has 0 radical (unpaired) electrons. The molecule has 0 aromatic heterocycles. The molecule has 4 rings (SSSR count). The van der Waals surface area contributed by atoms with E-state index in [1.807, 2.05) is 78.9 Å². The highest BCUT2D eigenvalue weighted by atomic mass is 32.1. The van der Waals surface area contributed by atoms with Crippen molar-refractivity contribution in [2.45, 2.75) is 6.42 Å². The highest BCUT2D eigenvalue weighted by Crippen LogP contribution is 2.23. The van der Waals surface area contributed by atoms with Crippen molar-refractivity contribution in [3.8, 4) is 11.5 Å². The fourth-order valence-electron chi connectivity index (χ4n) is 3.13. The maximum Gasteiger partial charge on any atom is 0.175 e. The Morgan fingerprint density at radius 2 is 1.23 bits per heavy atom. The molecule has 3 nitrogen and oxygen atoms in total. The molecule has 30 heavy (non-hydrogen) atoms. The third-order valence-electron chi connectivity index (χ3n) is 4.59. The lowest BCUT2D eigenvalue weighted by molar-refractivity contribution is 0.483. The van der Waals surface area contributed by atoms with E-state index in [0.717, 1.165) is 29.3 Å². The molecule has 0 unspecified atom stereocenters. The number of rotatable bonds is 6. The van der Waals surface area contributed by atoms with E-state index in [-0.39, 0.29) is 0 Å². The van der Waals surface area contributed by atoms with Gasteiger partial charge in [-0.15, -0.1) is 0 Å². The summed E-state index contributed by atoms with van der Waals surface area (Å²) in [5, 5.41) is 7.11. The Kier molecular flexibility index (Phi) is 6.38. The maximum atomic E-state index is 5.83. The van der Waals surface area contributed by atoms with Crippen LogP contribution >= 0.6 is 12.2 Å². The van der Waals surface area contributed by atoms with Crippen LogP contribution in [0.1, 0.15) is 11.1 Å². The van der Waals surface area contributed by atoms with Crippen LogP contribution in [0.25, 0.3) is 0 Å². The van der Waals surface area contributed by atoms with Crippen LogP contribution in [0.2, 0.25) is 0 Å². The lowest BCUT2D eigenvalue weighted by atomic mass is 10.0. The van der Waals surface area contributed by atoms with Crippen molar-refractivity contribution in [2.24, 2.45) is 0 Å².